The van der Waals surface area contributed by atoms with Gasteiger partial charge in [-0.05, 0) is 69.3 Å². The van der Waals surface area contributed by atoms with Crippen molar-refractivity contribution in [3.63, 3.8) is 0 Å². The van der Waals surface area contributed by atoms with Gasteiger partial charge in [-0.1, -0.05) is 0 Å². The van der Waals surface area contributed by atoms with Gasteiger partial charge < -0.3 is 9.73 Å². The SMILES string of the molecule is Cc1cc(CN2CCC(CNC(=O)Nc3cccs3)CC2)c(C)o1. The van der Waals surface area contributed by atoms with Crippen molar-refractivity contribution in [1.29, 1.82) is 0 Å². The number of hydrogen-bond acceptors (Lipinski definition) is 4. The number of thiophene rings is 1. The second-order valence-corrected chi connectivity index (χ2v) is 7.42. The Labute approximate surface area is 147 Å². The van der Waals surface area contributed by atoms with Gasteiger partial charge >= 0.3 is 6.03 Å². The van der Waals surface area contributed by atoms with Crippen LogP contribution < -0.4 is 10.6 Å². The molecule has 1 aliphatic heterocycles. The maximum atomic E-state index is 11.9. The number of likely N-dealkylation sites (tertiary alicyclic amines) is 1. The fourth-order valence-corrected chi connectivity index (χ4v) is 3.79. The van der Waals surface area contributed by atoms with E-state index in [2.05, 4.69) is 21.6 Å². The smallest absolute Gasteiger partial charge is 0.319 e. The van der Waals surface area contributed by atoms with Crippen LogP contribution in [0.4, 0.5) is 9.80 Å². The number of nitrogens with zero attached hydrogens (tertiary/aromatic N) is 1. The van der Waals surface area contributed by atoms with Gasteiger partial charge in [0.25, 0.3) is 0 Å². The maximum absolute atomic E-state index is 11.9. The number of hydrogen-bond donors (Lipinski definition) is 2. The van der Waals surface area contributed by atoms with E-state index in [0.29, 0.717) is 5.92 Å². The van der Waals surface area contributed by atoms with Crippen LogP contribution in [0.1, 0.15) is 29.9 Å². The minimum atomic E-state index is -0.107. The molecule has 6 heteroatoms. The van der Waals surface area contributed by atoms with Gasteiger partial charge in [0, 0.05) is 18.7 Å². The molecule has 3 heterocycles. The standard InChI is InChI=1S/C18H25N3O2S/c1-13-10-16(14(2)23-13)12-21-7-5-15(6-8-21)11-19-18(22)20-17-4-3-9-24-17/h3-4,9-10,15H,5-8,11-12H2,1-2H3,(H2,19,20,22). The van der Waals surface area contributed by atoms with Gasteiger partial charge in [0.15, 0.2) is 0 Å². The molecular formula is C18H25N3O2S. The largest absolute Gasteiger partial charge is 0.466 e. The first-order chi connectivity index (χ1) is 11.6. The molecule has 0 aliphatic carbocycles. The molecule has 0 unspecified atom stereocenters. The van der Waals surface area contributed by atoms with Crippen LogP contribution in [0.5, 0.6) is 0 Å². The number of anilines is 1. The normalized spacial score (nSPS) is 16.2. The summed E-state index contributed by atoms with van der Waals surface area (Å²) < 4.78 is 5.60. The zero-order valence-electron chi connectivity index (χ0n) is 14.3. The summed E-state index contributed by atoms with van der Waals surface area (Å²) in [6, 6.07) is 5.86. The molecular weight excluding hydrogens is 322 g/mol. The van der Waals surface area contributed by atoms with Crippen LogP contribution in [-0.4, -0.2) is 30.6 Å². The lowest BCUT2D eigenvalue weighted by Gasteiger charge is -2.31. The summed E-state index contributed by atoms with van der Waals surface area (Å²) in [6.45, 7) is 7.88. The molecule has 0 saturated carbocycles. The summed E-state index contributed by atoms with van der Waals surface area (Å²) in [5.74, 6) is 2.57. The first-order valence-electron chi connectivity index (χ1n) is 8.47. The lowest BCUT2D eigenvalue weighted by Crippen LogP contribution is -2.39. The van der Waals surface area contributed by atoms with Gasteiger partial charge in [0.1, 0.15) is 11.5 Å². The summed E-state index contributed by atoms with van der Waals surface area (Å²) in [7, 11) is 0. The van der Waals surface area contributed by atoms with Crippen molar-refractivity contribution in [3.05, 3.63) is 40.7 Å². The molecule has 130 valence electrons. The second kappa shape index (κ2) is 7.85. The highest BCUT2D eigenvalue weighted by atomic mass is 32.1. The van der Waals surface area contributed by atoms with E-state index in [1.165, 1.54) is 16.9 Å². The summed E-state index contributed by atoms with van der Waals surface area (Å²) in [6.07, 6.45) is 2.24. The van der Waals surface area contributed by atoms with E-state index in [1.807, 2.05) is 31.4 Å². The van der Waals surface area contributed by atoms with Crippen molar-refractivity contribution < 1.29 is 9.21 Å². The van der Waals surface area contributed by atoms with E-state index in [0.717, 1.165) is 55.5 Å². The number of nitrogens with one attached hydrogen (secondary N) is 2. The average Bonchev–Trinajstić information content (AvgIpc) is 3.16. The molecule has 5 nitrogen and oxygen atoms in total. The Bertz CT molecular complexity index is 658. The summed E-state index contributed by atoms with van der Waals surface area (Å²) in [5, 5.41) is 8.69. The lowest BCUT2D eigenvalue weighted by molar-refractivity contribution is 0.175. The third kappa shape index (κ3) is 4.61. The van der Waals surface area contributed by atoms with Gasteiger partial charge in [0.2, 0.25) is 0 Å². The molecule has 2 N–H and O–H groups in total. The molecule has 0 radical (unpaired) electrons. The average molecular weight is 347 g/mol. The fraction of sp³-hybridized carbons (Fsp3) is 0.500. The van der Waals surface area contributed by atoms with Crippen molar-refractivity contribution in [1.82, 2.24) is 10.2 Å². The van der Waals surface area contributed by atoms with Crippen molar-refractivity contribution in [2.75, 3.05) is 25.0 Å². The third-order valence-electron chi connectivity index (χ3n) is 4.55. The molecule has 1 saturated heterocycles. The number of furan rings is 1. The topological polar surface area (TPSA) is 57.5 Å². The molecule has 1 aliphatic rings. The number of carbonyl (C=O) groups excluding carboxylic acids is 1. The molecule has 24 heavy (non-hydrogen) atoms. The molecule has 1 fully saturated rings. The van der Waals surface area contributed by atoms with Crippen molar-refractivity contribution >= 4 is 22.4 Å². The number of carbonyl (C=O) groups is 1. The zero-order chi connectivity index (χ0) is 16.9. The maximum Gasteiger partial charge on any atom is 0.319 e. The summed E-state index contributed by atoms with van der Waals surface area (Å²) in [4.78, 5) is 14.3. The molecule has 2 amide bonds. The van der Waals surface area contributed by atoms with Crippen LogP contribution in [0.15, 0.2) is 28.0 Å². The molecule has 2 aromatic rings. The van der Waals surface area contributed by atoms with E-state index in [1.54, 1.807) is 0 Å². The zero-order valence-corrected chi connectivity index (χ0v) is 15.1. The molecule has 0 spiro atoms. The van der Waals surface area contributed by atoms with Crippen LogP contribution in [-0.2, 0) is 6.54 Å². The first kappa shape index (κ1) is 17.0. The minimum Gasteiger partial charge on any atom is -0.466 e. The number of rotatable bonds is 5. The molecule has 0 bridgehead atoms. The lowest BCUT2D eigenvalue weighted by atomic mass is 9.96. The Kier molecular flexibility index (Phi) is 5.58. The quantitative estimate of drug-likeness (QED) is 0.860. The van der Waals surface area contributed by atoms with Crippen LogP contribution in [0.3, 0.4) is 0 Å². The number of aryl methyl sites for hydroxylation is 2. The molecule has 3 rings (SSSR count). The Balaban J connectivity index is 1.37. The fourth-order valence-electron chi connectivity index (χ4n) is 3.17. The van der Waals surface area contributed by atoms with E-state index in [9.17, 15) is 4.79 Å². The first-order valence-corrected chi connectivity index (χ1v) is 9.35. The van der Waals surface area contributed by atoms with Gasteiger partial charge in [0.05, 0.1) is 5.00 Å². The van der Waals surface area contributed by atoms with Crippen molar-refractivity contribution in [2.24, 2.45) is 5.92 Å². The summed E-state index contributed by atoms with van der Waals surface area (Å²) >= 11 is 1.53. The minimum absolute atomic E-state index is 0.107. The third-order valence-corrected chi connectivity index (χ3v) is 5.34. The Morgan fingerprint density at radius 2 is 2.17 bits per heavy atom. The van der Waals surface area contributed by atoms with Crippen molar-refractivity contribution in [3.8, 4) is 0 Å². The Morgan fingerprint density at radius 1 is 1.38 bits per heavy atom. The van der Waals surface area contributed by atoms with Crippen LogP contribution in [0.2, 0.25) is 0 Å². The van der Waals surface area contributed by atoms with E-state index >= 15 is 0 Å². The highest BCUT2D eigenvalue weighted by molar-refractivity contribution is 7.14. The molecule has 0 aromatic carbocycles. The van der Waals surface area contributed by atoms with Gasteiger partial charge in [-0.3, -0.25) is 10.2 Å². The van der Waals surface area contributed by atoms with E-state index in [-0.39, 0.29) is 6.03 Å². The Hall–Kier alpha value is -1.79. The summed E-state index contributed by atoms with van der Waals surface area (Å²) in [5.41, 5.74) is 1.29. The molecule has 0 atom stereocenters. The highest BCUT2D eigenvalue weighted by Crippen LogP contribution is 2.21. The van der Waals surface area contributed by atoms with Gasteiger partial charge in [-0.2, -0.15) is 0 Å². The van der Waals surface area contributed by atoms with Crippen LogP contribution in [0, 0.1) is 19.8 Å². The van der Waals surface area contributed by atoms with Gasteiger partial charge in [-0.15, -0.1) is 11.3 Å². The predicted octanol–water partition coefficient (Wildman–Crippen LogP) is 3.99. The number of urea groups is 1. The van der Waals surface area contributed by atoms with E-state index in [4.69, 9.17) is 4.42 Å². The molecule has 2 aromatic heterocycles. The second-order valence-electron chi connectivity index (χ2n) is 6.47. The predicted molar refractivity (Wildman–Crippen MR) is 97.5 cm³/mol. The number of amides is 2. The Morgan fingerprint density at radius 3 is 2.79 bits per heavy atom. The monoisotopic (exact) mass is 347 g/mol. The number of piperidine rings is 1. The van der Waals surface area contributed by atoms with E-state index < -0.39 is 0 Å². The van der Waals surface area contributed by atoms with Crippen LogP contribution in [0.25, 0.3) is 0 Å². The highest BCUT2D eigenvalue weighted by Gasteiger charge is 2.21. The van der Waals surface area contributed by atoms with Crippen LogP contribution >= 0.6 is 11.3 Å². The van der Waals surface area contributed by atoms with Gasteiger partial charge in [-0.25, -0.2) is 4.79 Å². The van der Waals surface area contributed by atoms with Crippen molar-refractivity contribution in [2.45, 2.75) is 33.2 Å².